The Bertz CT molecular complexity index is 959. The van der Waals surface area contributed by atoms with Gasteiger partial charge in [-0.2, -0.15) is 5.26 Å². The predicted octanol–water partition coefficient (Wildman–Crippen LogP) is 3.61. The molecule has 0 aromatic heterocycles. The van der Waals surface area contributed by atoms with E-state index < -0.39 is 17.9 Å². The van der Waals surface area contributed by atoms with Gasteiger partial charge >= 0.3 is 5.97 Å². The van der Waals surface area contributed by atoms with Crippen molar-refractivity contribution in [2.45, 2.75) is 18.4 Å². The zero-order valence-electron chi connectivity index (χ0n) is 16.4. The molecule has 0 saturated heterocycles. The van der Waals surface area contributed by atoms with Crippen molar-refractivity contribution in [2.24, 2.45) is 0 Å². The van der Waals surface area contributed by atoms with Gasteiger partial charge in [0.2, 0.25) is 5.91 Å². The second kappa shape index (κ2) is 10.6. The quantitative estimate of drug-likeness (QED) is 0.588. The Balaban J connectivity index is 1.87. The molecule has 3 aromatic carbocycles. The number of carbonyl (C=O) groups excluding carboxylic acids is 2. The number of nitriles is 1. The minimum atomic E-state index is -0.900. The molecule has 1 amide bonds. The number of rotatable bonds is 8. The highest BCUT2D eigenvalue weighted by molar-refractivity contribution is 5.91. The minimum absolute atomic E-state index is 0.271. The van der Waals surface area contributed by atoms with Crippen molar-refractivity contribution >= 4 is 11.9 Å². The summed E-state index contributed by atoms with van der Waals surface area (Å²) in [4.78, 5) is 25.9. The van der Waals surface area contributed by atoms with E-state index in [1.54, 1.807) is 6.07 Å². The van der Waals surface area contributed by atoms with Crippen LogP contribution in [0.3, 0.4) is 0 Å². The Labute approximate surface area is 175 Å². The van der Waals surface area contributed by atoms with Crippen LogP contribution in [0.4, 0.5) is 0 Å². The van der Waals surface area contributed by atoms with Gasteiger partial charge in [0, 0.05) is 6.42 Å². The molecule has 0 radical (unpaired) electrons. The molecule has 0 heterocycles. The molecule has 1 N–H and O–H groups in total. The van der Waals surface area contributed by atoms with Gasteiger partial charge in [0.05, 0.1) is 5.92 Å². The molecule has 1 unspecified atom stereocenters. The van der Waals surface area contributed by atoms with E-state index in [1.165, 1.54) is 0 Å². The molecule has 0 bridgehead atoms. The lowest BCUT2D eigenvalue weighted by atomic mass is 9.90. The maximum atomic E-state index is 13.3. The third-order valence-electron chi connectivity index (χ3n) is 4.69. The Morgan fingerprint density at radius 2 is 1.33 bits per heavy atom. The lowest BCUT2D eigenvalue weighted by Crippen LogP contribution is -2.45. The molecular weight excluding hydrogens is 376 g/mol. The van der Waals surface area contributed by atoms with E-state index >= 15 is 0 Å². The molecule has 5 heteroatoms. The molecule has 30 heavy (non-hydrogen) atoms. The highest BCUT2D eigenvalue weighted by Gasteiger charge is 2.28. The highest BCUT2D eigenvalue weighted by atomic mass is 16.5. The van der Waals surface area contributed by atoms with Crippen molar-refractivity contribution in [3.63, 3.8) is 0 Å². The molecule has 0 aliphatic heterocycles. The molecule has 0 fully saturated rings. The molecule has 5 nitrogen and oxygen atoms in total. The maximum absolute atomic E-state index is 13.3. The van der Waals surface area contributed by atoms with Crippen molar-refractivity contribution < 1.29 is 14.3 Å². The van der Waals surface area contributed by atoms with Gasteiger partial charge < -0.3 is 10.1 Å². The van der Waals surface area contributed by atoms with Crippen LogP contribution in [-0.2, 0) is 20.7 Å². The highest BCUT2D eigenvalue weighted by Crippen LogP contribution is 2.25. The van der Waals surface area contributed by atoms with Crippen LogP contribution < -0.4 is 5.32 Å². The first-order chi connectivity index (χ1) is 14.7. The maximum Gasteiger partial charge on any atom is 0.330 e. The monoisotopic (exact) mass is 398 g/mol. The van der Waals surface area contributed by atoms with Gasteiger partial charge in [-0.15, -0.1) is 0 Å². The van der Waals surface area contributed by atoms with Gasteiger partial charge in [0.1, 0.15) is 12.1 Å². The fourth-order valence-corrected chi connectivity index (χ4v) is 3.29. The number of hydrogen-bond donors (Lipinski definition) is 1. The third kappa shape index (κ3) is 5.55. The van der Waals surface area contributed by atoms with Gasteiger partial charge in [0.15, 0.2) is 6.61 Å². The van der Waals surface area contributed by atoms with E-state index in [4.69, 9.17) is 10.00 Å². The summed E-state index contributed by atoms with van der Waals surface area (Å²) in [6, 6.07) is 29.1. The van der Waals surface area contributed by atoms with E-state index in [2.05, 4.69) is 5.32 Å². The molecule has 0 saturated carbocycles. The Morgan fingerprint density at radius 1 is 0.833 bits per heavy atom. The second-order valence-corrected chi connectivity index (χ2v) is 6.77. The number of ether oxygens (including phenoxy) is 1. The van der Waals surface area contributed by atoms with Gasteiger partial charge in [-0.1, -0.05) is 91.0 Å². The summed E-state index contributed by atoms with van der Waals surface area (Å²) in [6.07, 6.45) is 0.271. The summed E-state index contributed by atoms with van der Waals surface area (Å²) in [5, 5.41) is 11.6. The van der Waals surface area contributed by atoms with Crippen molar-refractivity contribution in [3.8, 4) is 6.07 Å². The number of carbonyl (C=O) groups is 2. The topological polar surface area (TPSA) is 79.2 Å². The van der Waals surface area contributed by atoms with Gasteiger partial charge in [-0.25, -0.2) is 4.79 Å². The summed E-state index contributed by atoms with van der Waals surface area (Å²) in [5.41, 5.74) is 2.53. The zero-order valence-corrected chi connectivity index (χ0v) is 16.4. The molecule has 0 aliphatic rings. The van der Waals surface area contributed by atoms with Crippen LogP contribution in [0.1, 0.15) is 22.6 Å². The summed E-state index contributed by atoms with van der Waals surface area (Å²) < 4.78 is 5.00. The molecule has 0 spiro atoms. The Morgan fingerprint density at radius 3 is 1.83 bits per heavy atom. The predicted molar refractivity (Wildman–Crippen MR) is 113 cm³/mol. The van der Waals surface area contributed by atoms with Gasteiger partial charge in [-0.05, 0) is 16.7 Å². The molecule has 3 rings (SSSR count). The molecule has 150 valence electrons. The Kier molecular flexibility index (Phi) is 7.34. The SMILES string of the molecule is N#CCOC(=O)C(Cc1ccccc1)NC(=O)C(c1ccccc1)c1ccccc1. The van der Waals surface area contributed by atoms with E-state index in [9.17, 15) is 9.59 Å². The van der Waals surface area contributed by atoms with Gasteiger partial charge in [-0.3, -0.25) is 4.79 Å². The van der Waals surface area contributed by atoms with Gasteiger partial charge in [0.25, 0.3) is 0 Å². The lowest BCUT2D eigenvalue weighted by Gasteiger charge is -2.22. The molecule has 0 aliphatic carbocycles. The summed E-state index contributed by atoms with van der Waals surface area (Å²) in [5.74, 6) is -1.51. The number of hydrogen-bond acceptors (Lipinski definition) is 4. The van der Waals surface area contributed by atoms with Crippen LogP contribution in [0.15, 0.2) is 91.0 Å². The normalized spacial score (nSPS) is 11.3. The first-order valence-corrected chi connectivity index (χ1v) is 9.67. The van der Waals surface area contributed by atoms with Crippen LogP contribution in [-0.4, -0.2) is 24.5 Å². The van der Waals surface area contributed by atoms with Crippen molar-refractivity contribution in [2.75, 3.05) is 6.61 Å². The molecule has 3 aromatic rings. The number of esters is 1. The number of nitrogens with one attached hydrogen (secondary N) is 1. The summed E-state index contributed by atoms with van der Waals surface area (Å²) >= 11 is 0. The number of amides is 1. The van der Waals surface area contributed by atoms with E-state index in [-0.39, 0.29) is 18.9 Å². The number of nitrogens with zero attached hydrogens (tertiary/aromatic N) is 1. The minimum Gasteiger partial charge on any atom is -0.449 e. The second-order valence-electron chi connectivity index (χ2n) is 6.77. The zero-order chi connectivity index (χ0) is 21.2. The van der Waals surface area contributed by atoms with E-state index in [1.807, 2.05) is 91.0 Å². The largest absolute Gasteiger partial charge is 0.449 e. The molecule has 1 atom stereocenters. The van der Waals surface area contributed by atoms with Crippen molar-refractivity contribution in [3.05, 3.63) is 108 Å². The smallest absolute Gasteiger partial charge is 0.330 e. The van der Waals surface area contributed by atoms with Crippen LogP contribution in [0.2, 0.25) is 0 Å². The average molecular weight is 398 g/mol. The van der Waals surface area contributed by atoms with E-state index in [0.717, 1.165) is 16.7 Å². The average Bonchev–Trinajstić information content (AvgIpc) is 2.79. The summed E-state index contributed by atoms with van der Waals surface area (Å²) in [6.45, 7) is -0.360. The third-order valence-corrected chi connectivity index (χ3v) is 4.69. The van der Waals surface area contributed by atoms with Crippen LogP contribution in [0, 0.1) is 11.3 Å². The standard InChI is InChI=1S/C25H22N2O3/c26-16-17-30-25(29)22(18-19-10-4-1-5-11-19)27-24(28)23(20-12-6-2-7-13-20)21-14-8-3-9-15-21/h1-15,22-23H,17-18H2,(H,27,28). The van der Waals surface area contributed by atoms with E-state index in [0.29, 0.717) is 0 Å². The van der Waals surface area contributed by atoms with Crippen molar-refractivity contribution in [1.82, 2.24) is 5.32 Å². The van der Waals surface area contributed by atoms with Crippen molar-refractivity contribution in [1.29, 1.82) is 5.26 Å². The first kappa shape index (κ1) is 20.8. The number of benzene rings is 3. The van der Waals surface area contributed by atoms with Crippen LogP contribution >= 0.6 is 0 Å². The fraction of sp³-hybridized carbons (Fsp3) is 0.160. The van der Waals surface area contributed by atoms with Crippen LogP contribution in [0.25, 0.3) is 0 Å². The fourth-order valence-electron chi connectivity index (χ4n) is 3.29. The molecular formula is C25H22N2O3. The first-order valence-electron chi connectivity index (χ1n) is 9.67. The summed E-state index contributed by atoms with van der Waals surface area (Å²) in [7, 11) is 0. The van der Waals surface area contributed by atoms with Crippen LogP contribution in [0.5, 0.6) is 0 Å². The Hall–Kier alpha value is -3.91. The lowest BCUT2D eigenvalue weighted by molar-refractivity contribution is -0.146.